The third-order valence-corrected chi connectivity index (χ3v) is 5.77. The van der Waals surface area contributed by atoms with Crippen molar-refractivity contribution in [2.45, 2.75) is 56.9 Å². The lowest BCUT2D eigenvalue weighted by molar-refractivity contribution is 0.412. The molecule has 0 saturated heterocycles. The van der Waals surface area contributed by atoms with Crippen molar-refractivity contribution in [3.05, 3.63) is 23.3 Å². The fourth-order valence-corrected chi connectivity index (χ4v) is 4.78. The number of anilines is 1. The summed E-state index contributed by atoms with van der Waals surface area (Å²) in [6.45, 7) is 3.70. The first-order valence-corrected chi connectivity index (χ1v) is 8.73. The number of hydrogen-bond acceptors (Lipinski definition) is 3. The minimum Gasteiger partial charge on any atom is -0.388 e. The van der Waals surface area contributed by atoms with Crippen LogP contribution in [0.25, 0.3) is 0 Å². The highest BCUT2D eigenvalue weighted by Gasteiger charge is 2.24. The van der Waals surface area contributed by atoms with Crippen molar-refractivity contribution >= 4 is 15.7 Å². The SMILES string of the molecule is CNc1cc(C)c(S(=O)(=O)NC2CCCCC2)c(C)c1. The normalized spacial score (nSPS) is 17.1. The van der Waals surface area contributed by atoms with E-state index in [1.165, 1.54) is 6.42 Å². The van der Waals surface area contributed by atoms with Crippen LogP contribution < -0.4 is 10.0 Å². The van der Waals surface area contributed by atoms with Gasteiger partial charge in [-0.2, -0.15) is 0 Å². The molecule has 0 aromatic heterocycles. The highest BCUT2D eigenvalue weighted by atomic mass is 32.2. The average Bonchev–Trinajstić information content (AvgIpc) is 2.37. The molecule has 0 amide bonds. The van der Waals surface area contributed by atoms with E-state index >= 15 is 0 Å². The van der Waals surface area contributed by atoms with Crippen LogP contribution in [0.4, 0.5) is 5.69 Å². The van der Waals surface area contributed by atoms with Gasteiger partial charge in [-0.05, 0) is 49.9 Å². The molecule has 0 heterocycles. The summed E-state index contributed by atoms with van der Waals surface area (Å²) in [4.78, 5) is 0.432. The van der Waals surface area contributed by atoms with Gasteiger partial charge in [0.05, 0.1) is 4.90 Å². The van der Waals surface area contributed by atoms with Crippen LogP contribution >= 0.6 is 0 Å². The predicted octanol–water partition coefficient (Wildman–Crippen LogP) is 2.96. The molecular weight excluding hydrogens is 272 g/mol. The third kappa shape index (κ3) is 3.33. The molecule has 0 atom stereocenters. The molecule has 5 heteroatoms. The van der Waals surface area contributed by atoms with E-state index < -0.39 is 10.0 Å². The summed E-state index contributed by atoms with van der Waals surface area (Å²) in [6, 6.07) is 3.85. The van der Waals surface area contributed by atoms with E-state index in [0.29, 0.717) is 4.90 Å². The van der Waals surface area contributed by atoms with Gasteiger partial charge in [0.15, 0.2) is 0 Å². The molecule has 2 N–H and O–H groups in total. The molecule has 1 aromatic carbocycles. The van der Waals surface area contributed by atoms with Gasteiger partial charge in [-0.1, -0.05) is 19.3 Å². The second-order valence-electron chi connectivity index (χ2n) is 5.65. The molecular formula is C15H24N2O2S. The molecule has 1 aliphatic carbocycles. The lowest BCUT2D eigenvalue weighted by atomic mass is 9.96. The van der Waals surface area contributed by atoms with Crippen molar-refractivity contribution in [1.82, 2.24) is 4.72 Å². The van der Waals surface area contributed by atoms with Crippen molar-refractivity contribution in [2.75, 3.05) is 12.4 Å². The van der Waals surface area contributed by atoms with Gasteiger partial charge in [-0.25, -0.2) is 13.1 Å². The van der Waals surface area contributed by atoms with Crippen LogP contribution in [0.15, 0.2) is 17.0 Å². The molecule has 1 fully saturated rings. The summed E-state index contributed by atoms with van der Waals surface area (Å²) in [7, 11) is -1.59. The van der Waals surface area contributed by atoms with E-state index in [-0.39, 0.29) is 6.04 Å². The molecule has 112 valence electrons. The Balaban J connectivity index is 2.29. The number of hydrogen-bond donors (Lipinski definition) is 2. The molecule has 20 heavy (non-hydrogen) atoms. The maximum atomic E-state index is 12.6. The summed E-state index contributed by atoms with van der Waals surface area (Å²) in [5, 5.41) is 3.05. The number of aryl methyl sites for hydroxylation is 2. The largest absolute Gasteiger partial charge is 0.388 e. The summed E-state index contributed by atoms with van der Waals surface area (Å²) >= 11 is 0. The van der Waals surface area contributed by atoms with E-state index in [4.69, 9.17) is 0 Å². The molecule has 0 bridgehead atoms. The van der Waals surface area contributed by atoms with Gasteiger partial charge in [-0.3, -0.25) is 0 Å². The van der Waals surface area contributed by atoms with Crippen LogP contribution in [-0.2, 0) is 10.0 Å². The smallest absolute Gasteiger partial charge is 0.241 e. The Morgan fingerprint density at radius 1 is 1.05 bits per heavy atom. The Morgan fingerprint density at radius 2 is 1.60 bits per heavy atom. The van der Waals surface area contributed by atoms with Crippen LogP contribution in [0.3, 0.4) is 0 Å². The Labute approximate surface area is 122 Å². The molecule has 4 nitrogen and oxygen atoms in total. The van der Waals surface area contributed by atoms with E-state index in [9.17, 15) is 8.42 Å². The minimum atomic E-state index is -3.42. The highest BCUT2D eigenvalue weighted by molar-refractivity contribution is 7.89. The van der Waals surface area contributed by atoms with Gasteiger partial charge in [-0.15, -0.1) is 0 Å². The summed E-state index contributed by atoms with van der Waals surface area (Å²) in [6.07, 6.45) is 5.35. The number of rotatable bonds is 4. The van der Waals surface area contributed by atoms with Crippen molar-refractivity contribution < 1.29 is 8.42 Å². The fraction of sp³-hybridized carbons (Fsp3) is 0.600. The zero-order valence-corrected chi connectivity index (χ0v) is 13.3. The fourth-order valence-electron chi connectivity index (χ4n) is 3.02. The Bertz CT molecular complexity index is 553. The zero-order chi connectivity index (χ0) is 14.8. The lowest BCUT2D eigenvalue weighted by Crippen LogP contribution is -2.36. The van der Waals surface area contributed by atoms with Gasteiger partial charge in [0, 0.05) is 18.8 Å². The van der Waals surface area contributed by atoms with Crippen LogP contribution in [0.1, 0.15) is 43.2 Å². The number of benzene rings is 1. The van der Waals surface area contributed by atoms with Crippen molar-refractivity contribution in [2.24, 2.45) is 0 Å². The van der Waals surface area contributed by atoms with Crippen LogP contribution in [0.5, 0.6) is 0 Å². The maximum absolute atomic E-state index is 12.6. The number of nitrogens with one attached hydrogen (secondary N) is 2. The Morgan fingerprint density at radius 3 is 2.10 bits per heavy atom. The van der Waals surface area contributed by atoms with Gasteiger partial charge in [0.1, 0.15) is 0 Å². The molecule has 0 unspecified atom stereocenters. The first-order valence-electron chi connectivity index (χ1n) is 7.25. The third-order valence-electron chi connectivity index (χ3n) is 3.94. The monoisotopic (exact) mass is 296 g/mol. The molecule has 0 spiro atoms. The highest BCUT2D eigenvalue weighted by Crippen LogP contribution is 2.26. The zero-order valence-electron chi connectivity index (χ0n) is 12.5. The second kappa shape index (κ2) is 6.14. The molecule has 0 aliphatic heterocycles. The summed E-state index contributed by atoms with van der Waals surface area (Å²) < 4.78 is 28.1. The van der Waals surface area contributed by atoms with E-state index in [1.54, 1.807) is 0 Å². The van der Waals surface area contributed by atoms with E-state index in [2.05, 4.69) is 10.0 Å². The average molecular weight is 296 g/mol. The van der Waals surface area contributed by atoms with E-state index in [1.807, 2.05) is 33.0 Å². The van der Waals surface area contributed by atoms with Crippen LogP contribution in [-0.4, -0.2) is 21.5 Å². The van der Waals surface area contributed by atoms with Gasteiger partial charge in [0.2, 0.25) is 10.0 Å². The van der Waals surface area contributed by atoms with Crippen LogP contribution in [0.2, 0.25) is 0 Å². The van der Waals surface area contributed by atoms with Crippen molar-refractivity contribution in [3.63, 3.8) is 0 Å². The van der Waals surface area contributed by atoms with Gasteiger partial charge >= 0.3 is 0 Å². The summed E-state index contributed by atoms with van der Waals surface area (Å²) in [5.74, 6) is 0. The van der Waals surface area contributed by atoms with E-state index in [0.717, 1.165) is 42.5 Å². The van der Waals surface area contributed by atoms with Crippen LogP contribution in [0, 0.1) is 13.8 Å². The lowest BCUT2D eigenvalue weighted by Gasteiger charge is -2.23. The van der Waals surface area contributed by atoms with Gasteiger partial charge < -0.3 is 5.32 Å². The molecule has 1 aliphatic rings. The Hall–Kier alpha value is -1.07. The van der Waals surface area contributed by atoms with Crippen molar-refractivity contribution in [1.29, 1.82) is 0 Å². The predicted molar refractivity (Wildman–Crippen MR) is 82.7 cm³/mol. The standard InChI is InChI=1S/C15H24N2O2S/c1-11-9-14(16-3)10-12(2)15(11)20(18,19)17-13-7-5-4-6-8-13/h9-10,13,16-17H,4-8H2,1-3H3. The maximum Gasteiger partial charge on any atom is 0.241 e. The molecule has 1 aromatic rings. The molecule has 0 radical (unpaired) electrons. The first-order chi connectivity index (χ1) is 9.44. The van der Waals surface area contributed by atoms with Crippen molar-refractivity contribution in [3.8, 4) is 0 Å². The first kappa shape index (κ1) is 15.3. The number of sulfonamides is 1. The topological polar surface area (TPSA) is 58.2 Å². The van der Waals surface area contributed by atoms with Gasteiger partial charge in [0.25, 0.3) is 0 Å². The molecule has 1 saturated carbocycles. The molecule has 2 rings (SSSR count). The second-order valence-corrected chi connectivity index (χ2v) is 7.30. The quantitative estimate of drug-likeness (QED) is 0.898. The summed E-state index contributed by atoms with van der Waals surface area (Å²) in [5.41, 5.74) is 2.52. The minimum absolute atomic E-state index is 0.0940. The Kier molecular flexibility index (Phi) is 4.70.